The maximum absolute atomic E-state index is 12.1. The number of hydrogen-bond donors (Lipinski definition) is 2. The van der Waals surface area contributed by atoms with E-state index in [0.717, 1.165) is 0 Å². The molecule has 0 saturated heterocycles. The summed E-state index contributed by atoms with van der Waals surface area (Å²) in [5, 5.41) is 13.2. The normalized spacial score (nSPS) is 10.6. The Hall–Kier alpha value is -4.34. The Labute approximate surface area is 176 Å². The third kappa shape index (κ3) is 5.38. The molecule has 10 nitrogen and oxygen atoms in total. The number of aromatic amines is 2. The van der Waals surface area contributed by atoms with E-state index in [4.69, 9.17) is 9.47 Å². The first-order valence-electron chi connectivity index (χ1n) is 9.54. The Morgan fingerprint density at radius 1 is 0.677 bits per heavy atom. The molecule has 0 saturated carbocycles. The predicted octanol–water partition coefficient (Wildman–Crippen LogP) is 2.54. The lowest BCUT2D eigenvalue weighted by Crippen LogP contribution is -2.10. The molecular weight excluding hydrogens is 400 g/mol. The fraction of sp³-hybridized carbons (Fsp3) is 0.143. The van der Waals surface area contributed by atoms with E-state index < -0.39 is 11.9 Å². The van der Waals surface area contributed by atoms with Crippen LogP contribution in [0.2, 0.25) is 0 Å². The Bertz CT molecular complexity index is 1070. The van der Waals surface area contributed by atoms with Gasteiger partial charge in [0.05, 0.1) is 0 Å². The number of ether oxygens (including phenoxy) is 2. The van der Waals surface area contributed by atoms with Gasteiger partial charge in [-0.25, -0.2) is 19.6 Å². The minimum atomic E-state index is -0.634. The first-order valence-corrected chi connectivity index (χ1v) is 9.54. The highest BCUT2D eigenvalue weighted by Crippen LogP contribution is 2.12. The van der Waals surface area contributed by atoms with Crippen LogP contribution < -0.4 is 9.47 Å². The van der Waals surface area contributed by atoms with E-state index in [1.54, 1.807) is 48.5 Å². The van der Waals surface area contributed by atoms with Gasteiger partial charge in [-0.3, -0.25) is 10.2 Å². The highest BCUT2D eigenvalue weighted by molar-refractivity contribution is 5.87. The number of carbonyl (C=O) groups is 2. The number of esters is 2. The molecule has 2 heterocycles. The molecule has 0 atom stereocenters. The number of benzene rings is 2. The summed E-state index contributed by atoms with van der Waals surface area (Å²) in [5.41, 5.74) is 0. The molecule has 0 aliphatic rings. The second-order valence-electron chi connectivity index (χ2n) is 6.47. The summed E-state index contributed by atoms with van der Waals surface area (Å²) in [6, 6.07) is 17.4. The van der Waals surface area contributed by atoms with Crippen molar-refractivity contribution in [2.75, 3.05) is 0 Å². The van der Waals surface area contributed by atoms with E-state index in [0.29, 0.717) is 42.4 Å². The lowest BCUT2D eigenvalue weighted by molar-refractivity contribution is 0.0713. The SMILES string of the molecule is O=C(Oc1ccccc1)c1n[nH]c(CCCc2nc(C(=O)Oc3ccccc3)n[nH]2)n1. The third-order valence-corrected chi connectivity index (χ3v) is 4.16. The van der Waals surface area contributed by atoms with Crippen LogP contribution in [0.1, 0.15) is 39.3 Å². The van der Waals surface area contributed by atoms with Crippen LogP contribution in [0.25, 0.3) is 0 Å². The first kappa shape index (κ1) is 20.0. The van der Waals surface area contributed by atoms with Gasteiger partial charge in [0.1, 0.15) is 23.1 Å². The third-order valence-electron chi connectivity index (χ3n) is 4.16. The van der Waals surface area contributed by atoms with E-state index >= 15 is 0 Å². The summed E-state index contributed by atoms with van der Waals surface area (Å²) in [6.45, 7) is 0. The summed E-state index contributed by atoms with van der Waals surface area (Å²) in [6.07, 6.45) is 1.69. The summed E-state index contributed by atoms with van der Waals surface area (Å²) in [7, 11) is 0. The molecule has 0 amide bonds. The van der Waals surface area contributed by atoms with Gasteiger partial charge < -0.3 is 9.47 Å². The number of nitrogens with one attached hydrogen (secondary N) is 2. The van der Waals surface area contributed by atoms with Gasteiger partial charge in [0, 0.05) is 12.8 Å². The van der Waals surface area contributed by atoms with Crippen molar-refractivity contribution in [1.82, 2.24) is 30.4 Å². The molecule has 0 bridgehead atoms. The van der Waals surface area contributed by atoms with Crippen molar-refractivity contribution in [2.24, 2.45) is 0 Å². The Morgan fingerprint density at radius 2 is 1.10 bits per heavy atom. The van der Waals surface area contributed by atoms with Crippen LogP contribution in [0.5, 0.6) is 11.5 Å². The number of hydrogen-bond acceptors (Lipinski definition) is 8. The molecule has 2 aromatic heterocycles. The van der Waals surface area contributed by atoms with Crippen LogP contribution in [0.15, 0.2) is 60.7 Å². The molecule has 0 fully saturated rings. The lowest BCUT2D eigenvalue weighted by Gasteiger charge is -2.00. The molecule has 0 radical (unpaired) electrons. The fourth-order valence-electron chi connectivity index (χ4n) is 2.70. The number of rotatable bonds is 8. The number of nitrogens with zero attached hydrogens (tertiary/aromatic N) is 4. The van der Waals surface area contributed by atoms with Crippen LogP contribution in [0.4, 0.5) is 0 Å². The fourth-order valence-corrected chi connectivity index (χ4v) is 2.70. The largest absolute Gasteiger partial charge is 0.421 e. The molecule has 4 rings (SSSR count). The van der Waals surface area contributed by atoms with Gasteiger partial charge in [-0.15, -0.1) is 10.2 Å². The van der Waals surface area contributed by atoms with Crippen molar-refractivity contribution in [3.8, 4) is 11.5 Å². The van der Waals surface area contributed by atoms with Crippen LogP contribution >= 0.6 is 0 Å². The second kappa shape index (κ2) is 9.44. The average molecular weight is 418 g/mol. The monoisotopic (exact) mass is 418 g/mol. The zero-order valence-corrected chi connectivity index (χ0v) is 16.3. The predicted molar refractivity (Wildman–Crippen MR) is 108 cm³/mol. The minimum Gasteiger partial charge on any atom is -0.421 e. The Morgan fingerprint density at radius 3 is 1.52 bits per heavy atom. The van der Waals surface area contributed by atoms with E-state index in [2.05, 4.69) is 30.4 Å². The molecule has 0 aliphatic heterocycles. The van der Waals surface area contributed by atoms with Crippen LogP contribution in [-0.4, -0.2) is 42.3 Å². The lowest BCUT2D eigenvalue weighted by atomic mass is 10.2. The summed E-state index contributed by atoms with van der Waals surface area (Å²) >= 11 is 0. The van der Waals surface area contributed by atoms with Crippen molar-refractivity contribution in [3.05, 3.63) is 84.0 Å². The van der Waals surface area contributed by atoms with E-state index in [-0.39, 0.29) is 11.6 Å². The Balaban J connectivity index is 1.25. The summed E-state index contributed by atoms with van der Waals surface area (Å²) in [5.74, 6) is 0.591. The van der Waals surface area contributed by atoms with Gasteiger partial charge in [0.2, 0.25) is 0 Å². The van der Waals surface area contributed by atoms with Crippen molar-refractivity contribution in [3.63, 3.8) is 0 Å². The molecule has 156 valence electrons. The average Bonchev–Trinajstić information content (AvgIpc) is 3.45. The van der Waals surface area contributed by atoms with Crippen LogP contribution in [0.3, 0.4) is 0 Å². The molecule has 10 heteroatoms. The highest BCUT2D eigenvalue weighted by Gasteiger charge is 2.17. The summed E-state index contributed by atoms with van der Waals surface area (Å²) < 4.78 is 10.4. The minimum absolute atomic E-state index is 0.0375. The zero-order chi connectivity index (χ0) is 21.5. The first-order chi connectivity index (χ1) is 15.2. The topological polar surface area (TPSA) is 136 Å². The summed E-state index contributed by atoms with van der Waals surface area (Å²) in [4.78, 5) is 32.5. The zero-order valence-electron chi connectivity index (χ0n) is 16.3. The maximum Gasteiger partial charge on any atom is 0.383 e. The van der Waals surface area contributed by atoms with Gasteiger partial charge in [-0.1, -0.05) is 36.4 Å². The molecule has 0 aliphatic carbocycles. The van der Waals surface area contributed by atoms with Gasteiger partial charge in [-0.2, -0.15) is 0 Å². The standard InChI is InChI=1S/C21H18N6O4/c28-20(30-14-8-3-1-4-9-14)18-22-16(24-26-18)12-7-13-17-23-19(27-25-17)21(29)31-15-10-5-2-6-11-15/h1-6,8-11H,7,12-13H2,(H,22,24,26)(H,23,25,27). The second-order valence-corrected chi connectivity index (χ2v) is 6.47. The number of carbonyl (C=O) groups excluding carboxylic acids is 2. The van der Waals surface area contributed by atoms with Gasteiger partial charge in [-0.05, 0) is 30.7 Å². The number of aromatic nitrogens is 6. The van der Waals surface area contributed by atoms with Crippen molar-refractivity contribution < 1.29 is 19.1 Å². The Kier molecular flexibility index (Phi) is 6.08. The molecule has 31 heavy (non-hydrogen) atoms. The number of H-pyrrole nitrogens is 2. The van der Waals surface area contributed by atoms with Crippen molar-refractivity contribution in [1.29, 1.82) is 0 Å². The van der Waals surface area contributed by atoms with Crippen molar-refractivity contribution >= 4 is 11.9 Å². The maximum atomic E-state index is 12.1. The van der Waals surface area contributed by atoms with Crippen molar-refractivity contribution in [2.45, 2.75) is 19.3 Å². The van der Waals surface area contributed by atoms with Gasteiger partial charge >= 0.3 is 11.9 Å². The number of para-hydroxylation sites is 2. The molecule has 0 unspecified atom stereocenters. The number of aryl methyl sites for hydroxylation is 2. The van der Waals surface area contributed by atoms with Crippen LogP contribution in [0, 0.1) is 0 Å². The van der Waals surface area contributed by atoms with E-state index in [1.807, 2.05) is 12.1 Å². The quantitative estimate of drug-likeness (QED) is 0.329. The molecule has 0 spiro atoms. The molecule has 2 aromatic carbocycles. The van der Waals surface area contributed by atoms with Gasteiger partial charge in [0.15, 0.2) is 0 Å². The highest BCUT2D eigenvalue weighted by atomic mass is 16.5. The van der Waals surface area contributed by atoms with E-state index in [1.165, 1.54) is 0 Å². The molecular formula is C21H18N6O4. The van der Waals surface area contributed by atoms with Crippen LogP contribution in [-0.2, 0) is 12.8 Å². The van der Waals surface area contributed by atoms with Gasteiger partial charge in [0.25, 0.3) is 11.6 Å². The van der Waals surface area contributed by atoms with E-state index in [9.17, 15) is 9.59 Å². The molecule has 4 aromatic rings. The smallest absolute Gasteiger partial charge is 0.383 e. The molecule has 2 N–H and O–H groups in total.